The van der Waals surface area contributed by atoms with E-state index >= 15 is 0 Å². The minimum atomic E-state index is -0.968. The Kier molecular flexibility index (Phi) is 4.39. The van der Waals surface area contributed by atoms with E-state index in [-0.39, 0.29) is 31.1 Å². The molecule has 1 atom stereocenters. The molecule has 3 rings (SSSR count). The minimum absolute atomic E-state index is 0.168. The van der Waals surface area contributed by atoms with Crippen molar-refractivity contribution in [2.24, 2.45) is 0 Å². The van der Waals surface area contributed by atoms with Crippen LogP contribution in [-0.4, -0.2) is 61.3 Å². The second kappa shape index (κ2) is 6.48. The van der Waals surface area contributed by atoms with Crippen LogP contribution < -0.4 is 16.0 Å². The van der Waals surface area contributed by atoms with Crippen molar-refractivity contribution in [1.29, 1.82) is 0 Å². The van der Waals surface area contributed by atoms with Gasteiger partial charge in [-0.2, -0.15) is 0 Å². The number of carbonyl (C=O) groups excluding carboxylic acids is 3. The molecule has 0 aliphatic carbocycles. The zero-order valence-corrected chi connectivity index (χ0v) is 13.4. The highest BCUT2D eigenvalue weighted by Crippen LogP contribution is 2.24. The summed E-state index contributed by atoms with van der Waals surface area (Å²) in [4.78, 5) is 36.8. The predicted molar refractivity (Wildman–Crippen MR) is 85.3 cm³/mol. The third kappa shape index (κ3) is 3.18. The van der Waals surface area contributed by atoms with Gasteiger partial charge in [0.25, 0.3) is 5.91 Å². The first-order valence-electron chi connectivity index (χ1n) is 7.74. The molecule has 1 unspecified atom stereocenters. The molecular formula is C16H20N4O4. The molecule has 1 aromatic rings. The second-order valence-electron chi connectivity index (χ2n) is 6.14. The lowest BCUT2D eigenvalue weighted by Crippen LogP contribution is -2.73. The van der Waals surface area contributed by atoms with Crippen molar-refractivity contribution < 1.29 is 19.1 Å². The summed E-state index contributed by atoms with van der Waals surface area (Å²) in [5, 5.41) is 7.69. The summed E-state index contributed by atoms with van der Waals surface area (Å²) < 4.78 is 5.18. The predicted octanol–water partition coefficient (Wildman–Crippen LogP) is -0.152. The summed E-state index contributed by atoms with van der Waals surface area (Å²) in [7, 11) is 1.58. The number of imide groups is 1. The van der Waals surface area contributed by atoms with Crippen LogP contribution in [0.3, 0.4) is 0 Å². The van der Waals surface area contributed by atoms with Crippen molar-refractivity contribution in [3.05, 3.63) is 35.9 Å². The van der Waals surface area contributed by atoms with Crippen LogP contribution in [-0.2, 0) is 16.0 Å². The quantitative estimate of drug-likeness (QED) is 0.653. The molecule has 2 heterocycles. The Morgan fingerprint density at radius 1 is 1.33 bits per heavy atom. The number of methoxy groups -OCH3 is 1. The van der Waals surface area contributed by atoms with Gasteiger partial charge in [-0.15, -0.1) is 0 Å². The third-order valence-electron chi connectivity index (χ3n) is 4.24. The molecule has 5 amide bonds. The van der Waals surface area contributed by atoms with E-state index in [9.17, 15) is 14.4 Å². The van der Waals surface area contributed by atoms with Gasteiger partial charge < -0.3 is 20.3 Å². The zero-order valence-electron chi connectivity index (χ0n) is 13.4. The number of likely N-dealkylation sites (tertiary alicyclic amines) is 1. The Hall–Kier alpha value is -2.61. The average Bonchev–Trinajstić information content (AvgIpc) is 2.81. The molecule has 8 nitrogen and oxygen atoms in total. The molecule has 1 aromatic carbocycles. The van der Waals surface area contributed by atoms with E-state index in [1.54, 1.807) is 7.11 Å². The maximum atomic E-state index is 12.3. The summed E-state index contributed by atoms with van der Waals surface area (Å²) >= 11 is 0. The monoisotopic (exact) mass is 332 g/mol. The number of carbonyl (C=O) groups is 3. The maximum absolute atomic E-state index is 12.3. The van der Waals surface area contributed by atoms with E-state index in [0.717, 1.165) is 5.56 Å². The zero-order chi connectivity index (χ0) is 17.2. The van der Waals surface area contributed by atoms with Crippen LogP contribution in [0.5, 0.6) is 0 Å². The van der Waals surface area contributed by atoms with Crippen molar-refractivity contribution in [2.45, 2.75) is 18.0 Å². The number of urea groups is 2. The van der Waals surface area contributed by atoms with E-state index in [1.165, 1.54) is 4.90 Å². The standard InChI is InChI=1S/C16H20N4O4/c1-24-8-12(7-11-5-3-2-4-6-11)17-15(23)20-9-16(10-20)13(21)18-14(22)19-16/h2-6,12H,7-10H2,1H3,(H,17,23)(H2,18,19,21,22). The molecule has 2 aliphatic heterocycles. The highest BCUT2D eigenvalue weighted by atomic mass is 16.5. The molecule has 24 heavy (non-hydrogen) atoms. The van der Waals surface area contributed by atoms with Crippen LogP contribution in [0, 0.1) is 0 Å². The molecule has 3 N–H and O–H groups in total. The van der Waals surface area contributed by atoms with Crippen molar-refractivity contribution in [1.82, 2.24) is 20.9 Å². The Labute approximate surface area is 139 Å². The third-order valence-corrected chi connectivity index (χ3v) is 4.24. The van der Waals surface area contributed by atoms with Crippen LogP contribution in [0.4, 0.5) is 9.59 Å². The summed E-state index contributed by atoms with van der Waals surface area (Å²) in [5.74, 6) is -0.380. The van der Waals surface area contributed by atoms with Crippen LogP contribution in [0.25, 0.3) is 0 Å². The first-order chi connectivity index (χ1) is 11.5. The molecule has 128 valence electrons. The van der Waals surface area contributed by atoms with Crippen LogP contribution in [0.1, 0.15) is 5.56 Å². The van der Waals surface area contributed by atoms with E-state index in [2.05, 4.69) is 16.0 Å². The number of rotatable bonds is 5. The van der Waals surface area contributed by atoms with Gasteiger partial charge >= 0.3 is 12.1 Å². The van der Waals surface area contributed by atoms with Gasteiger partial charge in [0, 0.05) is 7.11 Å². The highest BCUT2D eigenvalue weighted by Gasteiger charge is 2.56. The Morgan fingerprint density at radius 3 is 2.62 bits per heavy atom. The largest absolute Gasteiger partial charge is 0.383 e. The first-order valence-corrected chi connectivity index (χ1v) is 7.74. The lowest BCUT2D eigenvalue weighted by Gasteiger charge is -2.45. The van der Waals surface area contributed by atoms with Gasteiger partial charge in [-0.1, -0.05) is 30.3 Å². The Bertz CT molecular complexity index is 643. The lowest BCUT2D eigenvalue weighted by atomic mass is 9.90. The maximum Gasteiger partial charge on any atom is 0.322 e. The first kappa shape index (κ1) is 16.3. The fraction of sp³-hybridized carbons (Fsp3) is 0.438. The average molecular weight is 332 g/mol. The molecular weight excluding hydrogens is 312 g/mol. The van der Waals surface area contributed by atoms with Gasteiger partial charge in [0.2, 0.25) is 0 Å². The molecule has 0 bridgehead atoms. The number of nitrogens with one attached hydrogen (secondary N) is 3. The molecule has 2 aliphatic rings. The Morgan fingerprint density at radius 2 is 2.04 bits per heavy atom. The van der Waals surface area contributed by atoms with Crippen molar-refractivity contribution in [3.63, 3.8) is 0 Å². The summed E-state index contributed by atoms with van der Waals surface area (Å²) in [6.07, 6.45) is 0.649. The van der Waals surface area contributed by atoms with Gasteiger partial charge in [-0.25, -0.2) is 9.59 Å². The van der Waals surface area contributed by atoms with E-state index < -0.39 is 11.6 Å². The molecule has 1 spiro atoms. The van der Waals surface area contributed by atoms with Crippen LogP contribution >= 0.6 is 0 Å². The van der Waals surface area contributed by atoms with Gasteiger partial charge in [-0.05, 0) is 12.0 Å². The summed E-state index contributed by atoms with van der Waals surface area (Å²) in [6.45, 7) is 0.722. The van der Waals surface area contributed by atoms with Gasteiger partial charge in [0.05, 0.1) is 25.7 Å². The smallest absolute Gasteiger partial charge is 0.322 e. The van der Waals surface area contributed by atoms with Crippen molar-refractivity contribution in [3.8, 4) is 0 Å². The summed E-state index contributed by atoms with van der Waals surface area (Å²) in [6, 6.07) is 8.86. The fourth-order valence-corrected chi connectivity index (χ4v) is 3.02. The number of amides is 5. The molecule has 0 aromatic heterocycles. The number of nitrogens with zero attached hydrogens (tertiary/aromatic N) is 1. The van der Waals surface area contributed by atoms with E-state index in [0.29, 0.717) is 13.0 Å². The molecule has 2 fully saturated rings. The van der Waals surface area contributed by atoms with Gasteiger partial charge in [-0.3, -0.25) is 10.1 Å². The van der Waals surface area contributed by atoms with Crippen LogP contribution in [0.15, 0.2) is 30.3 Å². The Balaban J connectivity index is 1.55. The lowest BCUT2D eigenvalue weighted by molar-refractivity contribution is -0.128. The highest BCUT2D eigenvalue weighted by molar-refractivity contribution is 6.08. The van der Waals surface area contributed by atoms with Crippen LogP contribution in [0.2, 0.25) is 0 Å². The normalized spacial score (nSPS) is 19.5. The molecule has 8 heteroatoms. The molecule has 0 saturated carbocycles. The summed E-state index contributed by atoms with van der Waals surface area (Å²) in [5.41, 5.74) is 0.132. The molecule has 2 saturated heterocycles. The fourth-order valence-electron chi connectivity index (χ4n) is 3.02. The number of benzene rings is 1. The second-order valence-corrected chi connectivity index (χ2v) is 6.14. The van der Waals surface area contributed by atoms with Crippen molar-refractivity contribution >= 4 is 18.0 Å². The van der Waals surface area contributed by atoms with Gasteiger partial charge in [0.15, 0.2) is 5.54 Å². The number of hydrogen-bond donors (Lipinski definition) is 3. The molecule has 0 radical (unpaired) electrons. The SMILES string of the molecule is COCC(Cc1ccccc1)NC(=O)N1CC2(C1)NC(=O)NC2=O. The minimum Gasteiger partial charge on any atom is -0.383 e. The topological polar surface area (TPSA) is 99.8 Å². The van der Waals surface area contributed by atoms with Gasteiger partial charge in [0.1, 0.15) is 0 Å². The number of hydrogen-bond acceptors (Lipinski definition) is 4. The van der Waals surface area contributed by atoms with E-state index in [1.807, 2.05) is 30.3 Å². The van der Waals surface area contributed by atoms with Crippen molar-refractivity contribution in [2.75, 3.05) is 26.8 Å². The number of ether oxygens (including phenoxy) is 1. The van der Waals surface area contributed by atoms with E-state index in [4.69, 9.17) is 4.74 Å².